The molecule has 228 valence electrons. The summed E-state index contributed by atoms with van der Waals surface area (Å²) in [6, 6.07) is 12.7. The van der Waals surface area contributed by atoms with Crippen LogP contribution in [0.25, 0.3) is 11.4 Å². The number of phenols is 1. The number of nitrogens with zero attached hydrogens (tertiary/aromatic N) is 3. The minimum absolute atomic E-state index is 0.0516. The maximum atomic E-state index is 15.9. The Balaban J connectivity index is 1.63. The number of phenolic OH excluding ortho intramolecular Hbond substituents is 1. The van der Waals surface area contributed by atoms with Gasteiger partial charge < -0.3 is 40.5 Å². The summed E-state index contributed by atoms with van der Waals surface area (Å²) in [7, 11) is 1.77. The lowest BCUT2D eigenvalue weighted by Gasteiger charge is -2.16. The average Bonchev–Trinajstić information content (AvgIpc) is 3.44. The van der Waals surface area contributed by atoms with Crippen LogP contribution >= 0.6 is 0 Å². The molecule has 0 spiro atoms. The molecule has 3 aromatic carbocycles. The molecule has 2 heterocycles. The molecule has 0 aliphatic carbocycles. The van der Waals surface area contributed by atoms with Crippen molar-refractivity contribution in [2.75, 3.05) is 0 Å². The van der Waals surface area contributed by atoms with Gasteiger partial charge in [-0.05, 0) is 48.5 Å². The molecule has 13 nitrogen and oxygen atoms in total. The first kappa shape index (κ1) is 30.0. The molecule has 5 aromatic rings. The van der Waals surface area contributed by atoms with Gasteiger partial charge in [-0.25, -0.2) is 9.78 Å². The second-order valence-corrected chi connectivity index (χ2v) is 9.39. The molecule has 0 aliphatic rings. The molecule has 2 aromatic heterocycles. The maximum Gasteiger partial charge on any atom is 0.335 e. The first-order valence-electron chi connectivity index (χ1n) is 12.8. The van der Waals surface area contributed by atoms with Crippen molar-refractivity contribution in [1.29, 1.82) is 5.41 Å². The van der Waals surface area contributed by atoms with Crippen LogP contribution in [0.2, 0.25) is 0 Å². The summed E-state index contributed by atoms with van der Waals surface area (Å²) in [6.45, 7) is 0. The maximum absolute atomic E-state index is 15.9. The number of rotatable bonds is 10. The summed E-state index contributed by atoms with van der Waals surface area (Å²) in [4.78, 5) is 31.5. The fourth-order valence-electron chi connectivity index (χ4n) is 4.07. The lowest BCUT2D eigenvalue weighted by Crippen LogP contribution is -2.12. The number of aromatic carboxylic acids is 1. The average molecular weight is 617 g/mol. The van der Waals surface area contributed by atoms with E-state index in [1.165, 1.54) is 18.2 Å². The fraction of sp³-hybridized carbons (Fsp3) is 0.0333. The van der Waals surface area contributed by atoms with Crippen molar-refractivity contribution in [2.45, 2.75) is 0 Å². The van der Waals surface area contributed by atoms with Crippen LogP contribution < -0.4 is 25.7 Å². The van der Waals surface area contributed by atoms with E-state index < -0.39 is 69.7 Å². The van der Waals surface area contributed by atoms with E-state index in [0.29, 0.717) is 11.4 Å². The predicted molar refractivity (Wildman–Crippen MR) is 154 cm³/mol. The number of pyridine rings is 1. The number of hydrogen-bond donors (Lipinski definition) is 5. The summed E-state index contributed by atoms with van der Waals surface area (Å²) < 4.78 is 50.1. The molecular formula is C30H22F2N6O7. The number of carbonyl (C=O) groups excluding carboxylic acids is 1. The third-order valence-corrected chi connectivity index (χ3v) is 6.24. The highest BCUT2D eigenvalue weighted by molar-refractivity contribution is 5.97. The van der Waals surface area contributed by atoms with Gasteiger partial charge in [0.25, 0.3) is 11.8 Å². The number of amidine groups is 1. The molecule has 0 unspecified atom stereocenters. The molecule has 5 rings (SSSR count). The molecule has 0 atom stereocenters. The van der Waals surface area contributed by atoms with E-state index in [1.54, 1.807) is 36.1 Å². The van der Waals surface area contributed by atoms with Gasteiger partial charge in [0.1, 0.15) is 23.2 Å². The molecular weight excluding hydrogens is 594 g/mol. The lowest BCUT2D eigenvalue weighted by atomic mass is 10.1. The zero-order valence-electron chi connectivity index (χ0n) is 23.1. The molecule has 0 fully saturated rings. The van der Waals surface area contributed by atoms with E-state index in [4.69, 9.17) is 31.1 Å². The zero-order valence-corrected chi connectivity index (χ0v) is 23.1. The number of carboxylic acid groups (broad SMARTS) is 1. The van der Waals surface area contributed by atoms with E-state index in [-0.39, 0.29) is 16.9 Å². The quantitative estimate of drug-likeness (QED) is 0.106. The van der Waals surface area contributed by atoms with Crippen molar-refractivity contribution in [3.8, 4) is 51.9 Å². The Morgan fingerprint density at radius 1 is 0.889 bits per heavy atom. The lowest BCUT2D eigenvalue weighted by molar-refractivity contribution is 0.0696. The van der Waals surface area contributed by atoms with E-state index in [9.17, 15) is 19.8 Å². The Morgan fingerprint density at radius 3 is 2.24 bits per heavy atom. The summed E-state index contributed by atoms with van der Waals surface area (Å²) in [5.74, 6) is -9.60. The van der Waals surface area contributed by atoms with Crippen molar-refractivity contribution in [3.63, 3.8) is 0 Å². The Kier molecular flexibility index (Phi) is 7.99. The fourth-order valence-corrected chi connectivity index (χ4v) is 4.07. The van der Waals surface area contributed by atoms with Gasteiger partial charge in [0.2, 0.25) is 23.3 Å². The van der Waals surface area contributed by atoms with Crippen LogP contribution in [0.4, 0.5) is 8.78 Å². The minimum atomic E-state index is -1.53. The first-order chi connectivity index (χ1) is 21.4. The number of aryl methyl sites for hydroxylation is 1. The molecule has 0 saturated heterocycles. The number of aromatic hydroxyl groups is 1. The predicted octanol–water partition coefficient (Wildman–Crippen LogP) is 4.92. The molecule has 0 bridgehead atoms. The Bertz CT molecular complexity index is 1960. The van der Waals surface area contributed by atoms with Crippen LogP contribution in [0.1, 0.15) is 26.3 Å². The molecule has 45 heavy (non-hydrogen) atoms. The monoisotopic (exact) mass is 616 g/mol. The highest BCUT2D eigenvalue weighted by atomic mass is 19.1. The Hall–Kier alpha value is -6.51. The molecule has 0 aliphatic heterocycles. The van der Waals surface area contributed by atoms with Gasteiger partial charge in [0.05, 0.1) is 5.56 Å². The molecule has 0 saturated carbocycles. The van der Waals surface area contributed by atoms with Gasteiger partial charge in [-0.2, -0.15) is 13.8 Å². The van der Waals surface area contributed by atoms with Crippen molar-refractivity contribution in [3.05, 3.63) is 101 Å². The normalized spacial score (nSPS) is 10.7. The smallest absolute Gasteiger partial charge is 0.335 e. The zero-order chi connectivity index (χ0) is 32.4. The number of carboxylic acids is 1. The van der Waals surface area contributed by atoms with E-state index in [2.05, 4.69) is 9.97 Å². The van der Waals surface area contributed by atoms with Crippen LogP contribution in [0.5, 0.6) is 40.5 Å². The molecule has 1 amide bonds. The van der Waals surface area contributed by atoms with Gasteiger partial charge in [0.15, 0.2) is 11.5 Å². The van der Waals surface area contributed by atoms with E-state index in [1.807, 2.05) is 0 Å². The van der Waals surface area contributed by atoms with Crippen molar-refractivity contribution in [1.82, 2.24) is 14.5 Å². The summed E-state index contributed by atoms with van der Waals surface area (Å²) in [5, 5.41) is 27.4. The number of amides is 1. The largest absolute Gasteiger partial charge is 0.504 e. The topological polar surface area (TPSA) is 209 Å². The number of imidazole rings is 1. The van der Waals surface area contributed by atoms with Gasteiger partial charge in [-0.1, -0.05) is 12.1 Å². The number of carbonyl (C=O) groups is 2. The van der Waals surface area contributed by atoms with Gasteiger partial charge >= 0.3 is 5.97 Å². The number of aromatic nitrogens is 3. The number of nitrogen functional groups attached to an aromatic ring is 1. The summed E-state index contributed by atoms with van der Waals surface area (Å²) in [5.41, 5.74) is 10.7. The Labute approximate surface area is 252 Å². The minimum Gasteiger partial charge on any atom is -0.504 e. The van der Waals surface area contributed by atoms with Crippen molar-refractivity contribution in [2.24, 2.45) is 18.5 Å². The second-order valence-electron chi connectivity index (χ2n) is 9.39. The summed E-state index contributed by atoms with van der Waals surface area (Å²) in [6.07, 6.45) is 3.30. The standard InChI is InChI=1S/C30H22F2N6O7/c1-38-8-7-36-27(38)15-3-2-4-18(10-15)44-28-22(31)24(43-19-11-16(26(35)40)9-17(12-19)30(41)42)23(32)29(37-28)45-21-13-14(25(33)34)5-6-20(21)39/h2-13,39H,1H3,(H3,33,34)(H2,35,40)(H,41,42). The van der Waals surface area contributed by atoms with Gasteiger partial charge in [-0.3, -0.25) is 10.2 Å². The third-order valence-electron chi connectivity index (χ3n) is 6.24. The third kappa shape index (κ3) is 6.31. The highest BCUT2D eigenvalue weighted by Gasteiger charge is 2.27. The number of nitrogens with one attached hydrogen (secondary N) is 1. The van der Waals surface area contributed by atoms with Gasteiger partial charge in [-0.15, -0.1) is 0 Å². The first-order valence-corrected chi connectivity index (χ1v) is 12.8. The number of nitrogens with two attached hydrogens (primary N) is 2. The van der Waals surface area contributed by atoms with Crippen LogP contribution in [0.3, 0.4) is 0 Å². The number of halogens is 2. The van der Waals surface area contributed by atoms with E-state index >= 15 is 8.78 Å². The van der Waals surface area contributed by atoms with Crippen LogP contribution in [0.15, 0.2) is 73.1 Å². The number of benzene rings is 3. The highest BCUT2D eigenvalue weighted by Crippen LogP contribution is 2.41. The molecule has 0 radical (unpaired) electrons. The number of primary amides is 1. The van der Waals surface area contributed by atoms with Crippen molar-refractivity contribution >= 4 is 17.7 Å². The van der Waals surface area contributed by atoms with Crippen LogP contribution in [-0.2, 0) is 7.05 Å². The van der Waals surface area contributed by atoms with Crippen LogP contribution in [-0.4, -0.2) is 42.5 Å². The van der Waals surface area contributed by atoms with E-state index in [0.717, 1.165) is 30.3 Å². The number of hydrogen-bond acceptors (Lipinski definition) is 9. The molecule has 7 N–H and O–H groups in total. The SMILES string of the molecule is Cn1ccnc1-c1cccc(Oc2nc(Oc3cc(C(=N)N)ccc3O)c(F)c(Oc3cc(C(N)=O)cc(C(=O)O)c3)c2F)c1. The second kappa shape index (κ2) is 12.0. The number of ether oxygens (including phenoxy) is 3. The van der Waals surface area contributed by atoms with Crippen molar-refractivity contribution < 1.29 is 42.8 Å². The molecule has 15 heteroatoms. The van der Waals surface area contributed by atoms with Crippen LogP contribution in [0, 0.1) is 17.0 Å². The Morgan fingerprint density at radius 2 is 1.60 bits per heavy atom. The summed E-state index contributed by atoms with van der Waals surface area (Å²) >= 11 is 0. The van der Waals surface area contributed by atoms with Gasteiger partial charge in [0, 0.05) is 36.1 Å².